The molecule has 5 rings (SSSR count). The van der Waals surface area contributed by atoms with Gasteiger partial charge in [0.25, 0.3) is 5.91 Å². The number of piperazine rings is 1. The van der Waals surface area contributed by atoms with Crippen LogP contribution in [0, 0.1) is 0 Å². The van der Waals surface area contributed by atoms with Gasteiger partial charge in [-0.2, -0.15) is 0 Å². The Morgan fingerprint density at radius 3 is 2.46 bits per heavy atom. The topological polar surface area (TPSA) is 67.9 Å². The molecule has 0 spiro atoms. The van der Waals surface area contributed by atoms with Crippen LogP contribution in [0.4, 0.5) is 17.1 Å². The Labute approximate surface area is 235 Å². The van der Waals surface area contributed by atoms with E-state index in [0.717, 1.165) is 35.6 Å². The molecule has 8 heteroatoms. The summed E-state index contributed by atoms with van der Waals surface area (Å²) in [6, 6.07) is 23.6. The molecule has 7 nitrogen and oxygen atoms in total. The second-order valence-corrected chi connectivity index (χ2v) is 10.9. The minimum atomic E-state index is -0.187. The third-order valence-electron chi connectivity index (χ3n) is 7.70. The van der Waals surface area contributed by atoms with Crippen LogP contribution in [0.15, 0.2) is 72.8 Å². The standard InChI is InChI=1S/C31H34ClN5O2/c1-20-18-37(21(2)17-35(20)3)19-28(38)36(4)25-13-11-24(12-14-25)33-30(22-8-6-5-7-9-22)29-26-15-10-23(32)16-27(26)34-31(29)39/h5-16,20-21,33H,17-19H2,1-4H3,(H,34,39)/b30-29-/t20-,21+/m0/s1. The van der Waals surface area contributed by atoms with Crippen LogP contribution in [0.1, 0.15) is 25.0 Å². The molecule has 0 bridgehead atoms. The smallest absolute Gasteiger partial charge is 0.258 e. The molecule has 1 saturated heterocycles. The van der Waals surface area contributed by atoms with E-state index in [1.165, 1.54) is 0 Å². The van der Waals surface area contributed by atoms with Crippen molar-refractivity contribution in [3.05, 3.63) is 88.9 Å². The van der Waals surface area contributed by atoms with Gasteiger partial charge in [-0.05, 0) is 62.9 Å². The normalized spacial score (nSPS) is 20.8. The highest BCUT2D eigenvalue weighted by atomic mass is 35.5. The Morgan fingerprint density at radius 1 is 1.03 bits per heavy atom. The zero-order valence-corrected chi connectivity index (χ0v) is 23.5. The predicted molar refractivity (Wildman–Crippen MR) is 160 cm³/mol. The van der Waals surface area contributed by atoms with E-state index in [4.69, 9.17) is 11.6 Å². The van der Waals surface area contributed by atoms with Gasteiger partial charge in [-0.1, -0.05) is 48.0 Å². The molecule has 0 saturated carbocycles. The number of rotatable bonds is 6. The van der Waals surface area contributed by atoms with Crippen LogP contribution in [-0.4, -0.2) is 67.4 Å². The van der Waals surface area contributed by atoms with Crippen molar-refractivity contribution < 1.29 is 9.59 Å². The van der Waals surface area contributed by atoms with Gasteiger partial charge in [-0.3, -0.25) is 14.5 Å². The maximum absolute atomic E-state index is 13.1. The molecule has 3 aromatic rings. The minimum absolute atomic E-state index is 0.0595. The molecule has 202 valence electrons. The lowest BCUT2D eigenvalue weighted by Crippen LogP contribution is -2.57. The van der Waals surface area contributed by atoms with Crippen LogP contribution in [0.3, 0.4) is 0 Å². The number of nitrogens with one attached hydrogen (secondary N) is 2. The Balaban J connectivity index is 1.37. The van der Waals surface area contributed by atoms with Crippen LogP contribution in [-0.2, 0) is 9.59 Å². The molecule has 2 amide bonds. The monoisotopic (exact) mass is 543 g/mol. The summed E-state index contributed by atoms with van der Waals surface area (Å²) in [5, 5.41) is 6.96. The molecule has 2 heterocycles. The van der Waals surface area contributed by atoms with Crippen LogP contribution in [0.25, 0.3) is 11.3 Å². The number of halogens is 1. The highest BCUT2D eigenvalue weighted by Crippen LogP contribution is 2.38. The summed E-state index contributed by atoms with van der Waals surface area (Å²) in [6.07, 6.45) is 0. The number of carbonyl (C=O) groups is 2. The molecule has 0 aromatic heterocycles. The summed E-state index contributed by atoms with van der Waals surface area (Å²) in [5.74, 6) is -0.127. The van der Waals surface area contributed by atoms with Crippen molar-refractivity contribution in [1.29, 1.82) is 0 Å². The Kier molecular flexibility index (Phi) is 7.75. The fourth-order valence-electron chi connectivity index (χ4n) is 5.20. The molecule has 0 radical (unpaired) electrons. The van der Waals surface area contributed by atoms with Gasteiger partial charge in [0.15, 0.2) is 0 Å². The average molecular weight is 544 g/mol. The van der Waals surface area contributed by atoms with E-state index in [9.17, 15) is 9.59 Å². The number of benzene rings is 3. The molecule has 3 aromatic carbocycles. The molecule has 39 heavy (non-hydrogen) atoms. The third kappa shape index (κ3) is 5.71. The first-order valence-corrected chi connectivity index (χ1v) is 13.6. The number of amides is 2. The first kappa shape index (κ1) is 26.9. The molecule has 2 aliphatic rings. The molecule has 0 unspecified atom stereocenters. The first-order chi connectivity index (χ1) is 18.7. The number of carbonyl (C=O) groups excluding carboxylic acids is 2. The van der Waals surface area contributed by atoms with Crippen LogP contribution < -0.4 is 15.5 Å². The van der Waals surface area contributed by atoms with Gasteiger partial charge >= 0.3 is 0 Å². The van der Waals surface area contributed by atoms with Gasteiger partial charge in [0, 0.05) is 54.2 Å². The van der Waals surface area contributed by atoms with Gasteiger partial charge < -0.3 is 20.4 Å². The molecule has 2 atom stereocenters. The fraction of sp³-hybridized carbons (Fsp3) is 0.290. The first-order valence-electron chi connectivity index (χ1n) is 13.2. The van der Waals surface area contributed by atoms with Crippen molar-refractivity contribution >= 4 is 51.7 Å². The van der Waals surface area contributed by atoms with Crippen molar-refractivity contribution in [2.45, 2.75) is 25.9 Å². The lowest BCUT2D eigenvalue weighted by molar-refractivity contribution is -0.120. The molecule has 2 N–H and O–H groups in total. The van der Waals surface area contributed by atoms with E-state index < -0.39 is 0 Å². The van der Waals surface area contributed by atoms with E-state index in [1.807, 2.05) is 67.7 Å². The maximum atomic E-state index is 13.1. The van der Waals surface area contributed by atoms with Gasteiger partial charge in [0.2, 0.25) is 5.91 Å². The van der Waals surface area contributed by atoms with Crippen molar-refractivity contribution in [1.82, 2.24) is 9.80 Å². The largest absolute Gasteiger partial charge is 0.354 e. The number of likely N-dealkylation sites (N-methyl/N-ethyl adjacent to an activating group) is 2. The van der Waals surface area contributed by atoms with Gasteiger partial charge in [0.1, 0.15) is 0 Å². The predicted octanol–water partition coefficient (Wildman–Crippen LogP) is 5.26. The Morgan fingerprint density at radius 2 is 1.74 bits per heavy atom. The maximum Gasteiger partial charge on any atom is 0.258 e. The zero-order chi connectivity index (χ0) is 27.7. The summed E-state index contributed by atoms with van der Waals surface area (Å²) >= 11 is 6.17. The molecule has 2 aliphatic heterocycles. The lowest BCUT2D eigenvalue weighted by atomic mass is 10.00. The van der Waals surface area contributed by atoms with Crippen LogP contribution >= 0.6 is 11.6 Å². The van der Waals surface area contributed by atoms with E-state index in [-0.39, 0.29) is 11.8 Å². The van der Waals surface area contributed by atoms with Gasteiger partial charge in [-0.15, -0.1) is 0 Å². The summed E-state index contributed by atoms with van der Waals surface area (Å²) in [4.78, 5) is 32.5. The lowest BCUT2D eigenvalue weighted by Gasteiger charge is -2.42. The fourth-order valence-corrected chi connectivity index (χ4v) is 5.38. The SMILES string of the molecule is C[C@@H]1CN(C)[C@@H](C)CN1CC(=O)N(C)c1ccc(N/C(=C2\C(=O)Nc3cc(Cl)ccc32)c2ccccc2)cc1. The zero-order valence-electron chi connectivity index (χ0n) is 22.7. The van der Waals surface area contributed by atoms with Gasteiger partial charge in [-0.25, -0.2) is 0 Å². The number of nitrogens with zero attached hydrogens (tertiary/aromatic N) is 3. The molecule has 1 fully saturated rings. The molecule has 0 aliphatic carbocycles. The summed E-state index contributed by atoms with van der Waals surface area (Å²) in [5.41, 5.74) is 5.25. The number of anilines is 3. The Hall–Kier alpha value is -3.65. The number of hydrogen-bond donors (Lipinski definition) is 2. The van der Waals surface area contributed by atoms with Crippen LogP contribution in [0.2, 0.25) is 5.02 Å². The molecular weight excluding hydrogens is 510 g/mol. The quantitative estimate of drug-likeness (QED) is 0.415. The summed E-state index contributed by atoms with van der Waals surface area (Å²) in [6.45, 7) is 6.58. The van der Waals surface area contributed by atoms with E-state index in [0.29, 0.717) is 40.6 Å². The van der Waals surface area contributed by atoms with Gasteiger partial charge in [0.05, 0.1) is 23.5 Å². The molecular formula is C31H34ClN5O2. The highest BCUT2D eigenvalue weighted by molar-refractivity contribution is 6.38. The van der Waals surface area contributed by atoms with Crippen molar-refractivity contribution in [2.75, 3.05) is 49.3 Å². The minimum Gasteiger partial charge on any atom is -0.354 e. The third-order valence-corrected chi connectivity index (χ3v) is 7.94. The highest BCUT2D eigenvalue weighted by Gasteiger charge is 2.30. The average Bonchev–Trinajstić information content (AvgIpc) is 3.25. The van der Waals surface area contributed by atoms with Crippen molar-refractivity contribution in [2.24, 2.45) is 0 Å². The second-order valence-electron chi connectivity index (χ2n) is 10.5. The van der Waals surface area contributed by atoms with E-state index in [2.05, 4.69) is 41.3 Å². The summed E-state index contributed by atoms with van der Waals surface area (Å²) in [7, 11) is 3.95. The summed E-state index contributed by atoms with van der Waals surface area (Å²) < 4.78 is 0. The Bertz CT molecular complexity index is 1410. The van der Waals surface area contributed by atoms with E-state index >= 15 is 0 Å². The van der Waals surface area contributed by atoms with E-state index in [1.54, 1.807) is 17.0 Å². The second kappa shape index (κ2) is 11.2. The number of hydrogen-bond acceptors (Lipinski definition) is 5. The van der Waals surface area contributed by atoms with Crippen LogP contribution in [0.5, 0.6) is 0 Å². The number of fused-ring (bicyclic) bond motifs is 1. The van der Waals surface area contributed by atoms with Crippen molar-refractivity contribution in [3.63, 3.8) is 0 Å². The van der Waals surface area contributed by atoms with Crippen molar-refractivity contribution in [3.8, 4) is 0 Å².